The zero-order valence-corrected chi connectivity index (χ0v) is 15.3. The van der Waals surface area contributed by atoms with Crippen molar-refractivity contribution in [1.82, 2.24) is 15.0 Å². The molecule has 1 aromatic heterocycles. The lowest BCUT2D eigenvalue weighted by molar-refractivity contribution is 0.0622. The second-order valence-electron chi connectivity index (χ2n) is 7.73. The Kier molecular flexibility index (Phi) is 6.48. The number of amides is 1. The van der Waals surface area contributed by atoms with Crippen LogP contribution in [0.25, 0.3) is 0 Å². The van der Waals surface area contributed by atoms with Crippen LogP contribution in [0.1, 0.15) is 67.6 Å². The second kappa shape index (κ2) is 8.81. The van der Waals surface area contributed by atoms with E-state index < -0.39 is 0 Å². The van der Waals surface area contributed by atoms with Gasteiger partial charge in [-0.25, -0.2) is 0 Å². The van der Waals surface area contributed by atoms with E-state index in [0.29, 0.717) is 24.5 Å². The Labute approximate surface area is 150 Å². The number of rotatable bonds is 7. The first-order valence-electron chi connectivity index (χ1n) is 9.73. The van der Waals surface area contributed by atoms with E-state index in [1.807, 2.05) is 7.05 Å². The molecular weight excluding hydrogens is 318 g/mol. The van der Waals surface area contributed by atoms with E-state index >= 15 is 0 Å². The summed E-state index contributed by atoms with van der Waals surface area (Å²) in [5, 5.41) is 13.7. The number of piperidine rings is 1. The van der Waals surface area contributed by atoms with E-state index in [1.54, 1.807) is 11.0 Å². The highest BCUT2D eigenvalue weighted by molar-refractivity contribution is 5.92. The van der Waals surface area contributed by atoms with Crippen molar-refractivity contribution in [3.63, 3.8) is 0 Å². The third-order valence-corrected chi connectivity index (χ3v) is 5.57. The first kappa shape index (κ1) is 18.4. The largest absolute Gasteiger partial charge is 0.392 e. The van der Waals surface area contributed by atoms with E-state index in [2.05, 4.69) is 10.1 Å². The lowest BCUT2D eigenvalue weighted by atomic mass is 10.0. The summed E-state index contributed by atoms with van der Waals surface area (Å²) in [7, 11) is 1.84. The van der Waals surface area contributed by atoms with Crippen molar-refractivity contribution in [1.29, 1.82) is 0 Å². The molecule has 1 aromatic rings. The van der Waals surface area contributed by atoms with Gasteiger partial charge in [-0.05, 0) is 38.1 Å². The Hall–Kier alpha value is -1.40. The average molecular weight is 349 g/mol. The maximum absolute atomic E-state index is 12.5. The number of likely N-dealkylation sites (tertiary alicyclic amines) is 1. The number of nitrogens with zero attached hydrogens (tertiary/aromatic N) is 3. The molecule has 2 fully saturated rings. The molecule has 1 amide bonds. The fraction of sp³-hybridized carbons (Fsp3) is 0.789. The average Bonchev–Trinajstić information content (AvgIpc) is 3.26. The normalized spacial score (nSPS) is 22.4. The smallest absolute Gasteiger partial charge is 0.275 e. The first-order chi connectivity index (χ1) is 12.1. The van der Waals surface area contributed by atoms with Gasteiger partial charge in [-0.1, -0.05) is 30.8 Å². The predicted molar refractivity (Wildman–Crippen MR) is 95.2 cm³/mol. The Morgan fingerprint density at radius 3 is 2.92 bits per heavy atom. The lowest BCUT2D eigenvalue weighted by Crippen LogP contribution is -2.37. The monoisotopic (exact) mass is 349 g/mol. The van der Waals surface area contributed by atoms with Crippen LogP contribution >= 0.6 is 0 Å². The van der Waals surface area contributed by atoms with Crippen LogP contribution in [0.2, 0.25) is 0 Å². The molecule has 0 aromatic carbocycles. The van der Waals surface area contributed by atoms with Crippen molar-refractivity contribution in [2.24, 2.45) is 5.92 Å². The molecule has 0 spiro atoms. The minimum Gasteiger partial charge on any atom is -0.392 e. The van der Waals surface area contributed by atoms with Gasteiger partial charge >= 0.3 is 0 Å². The fourth-order valence-corrected chi connectivity index (χ4v) is 4.10. The molecule has 1 saturated heterocycles. The quantitative estimate of drug-likeness (QED) is 0.819. The lowest BCUT2D eigenvalue weighted by Gasteiger charge is -2.28. The van der Waals surface area contributed by atoms with Crippen LogP contribution < -0.4 is 0 Å². The summed E-state index contributed by atoms with van der Waals surface area (Å²) in [6.07, 6.45) is 9.33. The molecule has 1 aliphatic heterocycles. The molecule has 6 nitrogen and oxygen atoms in total. The fourth-order valence-electron chi connectivity index (χ4n) is 4.10. The summed E-state index contributed by atoms with van der Waals surface area (Å²) in [6, 6.07) is 1.75. The molecule has 140 valence electrons. The van der Waals surface area contributed by atoms with Crippen LogP contribution in [0.3, 0.4) is 0 Å². The van der Waals surface area contributed by atoms with Gasteiger partial charge in [0.15, 0.2) is 11.5 Å². The van der Waals surface area contributed by atoms with Crippen molar-refractivity contribution < 1.29 is 14.4 Å². The van der Waals surface area contributed by atoms with Gasteiger partial charge in [-0.3, -0.25) is 9.69 Å². The molecule has 0 bridgehead atoms. The van der Waals surface area contributed by atoms with E-state index in [-0.39, 0.29) is 12.0 Å². The Balaban J connectivity index is 1.44. The van der Waals surface area contributed by atoms with Crippen LogP contribution in [0.4, 0.5) is 0 Å². The molecule has 2 aliphatic rings. The number of aliphatic hydroxyl groups excluding tert-OH is 1. The van der Waals surface area contributed by atoms with Crippen molar-refractivity contribution in [2.75, 3.05) is 26.7 Å². The molecule has 25 heavy (non-hydrogen) atoms. The molecule has 1 N–H and O–H groups in total. The summed E-state index contributed by atoms with van der Waals surface area (Å²) in [5.41, 5.74) is 0.385. The van der Waals surface area contributed by atoms with Crippen LogP contribution in [0, 0.1) is 5.92 Å². The van der Waals surface area contributed by atoms with Crippen LogP contribution in [-0.4, -0.2) is 58.8 Å². The van der Waals surface area contributed by atoms with Crippen molar-refractivity contribution >= 4 is 5.91 Å². The highest BCUT2D eigenvalue weighted by Gasteiger charge is 2.22. The van der Waals surface area contributed by atoms with Crippen LogP contribution in [0.15, 0.2) is 10.6 Å². The summed E-state index contributed by atoms with van der Waals surface area (Å²) in [6.45, 7) is 2.98. The number of hydrogen-bond donors (Lipinski definition) is 1. The summed E-state index contributed by atoms with van der Waals surface area (Å²) in [4.78, 5) is 16.4. The van der Waals surface area contributed by atoms with Crippen LogP contribution in [-0.2, 0) is 6.54 Å². The van der Waals surface area contributed by atoms with Gasteiger partial charge in [-0.15, -0.1) is 0 Å². The number of hydrogen-bond acceptors (Lipinski definition) is 5. The Bertz CT molecular complexity index is 554. The van der Waals surface area contributed by atoms with Gasteiger partial charge in [-0.2, -0.15) is 0 Å². The number of aromatic nitrogens is 1. The van der Waals surface area contributed by atoms with Gasteiger partial charge in [0, 0.05) is 26.2 Å². The predicted octanol–water partition coefficient (Wildman–Crippen LogP) is 2.67. The Morgan fingerprint density at radius 1 is 1.36 bits per heavy atom. The van der Waals surface area contributed by atoms with Gasteiger partial charge in [0.05, 0.1) is 12.6 Å². The van der Waals surface area contributed by atoms with Crippen LogP contribution in [0.5, 0.6) is 0 Å². The maximum atomic E-state index is 12.5. The standard InChI is InChI=1S/C19H31N3O3/c1-21(10-4-8-15-6-2-3-7-15)19(24)18-12-17(25-20-18)14-22-11-5-9-16(23)13-22/h12,15-16,23H,2-11,13-14H2,1H3/t16-/m1/s1. The summed E-state index contributed by atoms with van der Waals surface area (Å²) in [5.74, 6) is 1.49. The maximum Gasteiger partial charge on any atom is 0.275 e. The topological polar surface area (TPSA) is 69.8 Å². The van der Waals surface area contributed by atoms with Gasteiger partial charge in [0.2, 0.25) is 0 Å². The molecule has 1 atom stereocenters. The molecule has 0 unspecified atom stereocenters. The molecule has 0 radical (unpaired) electrons. The third kappa shape index (κ3) is 5.28. The number of carbonyl (C=O) groups excluding carboxylic acids is 1. The summed E-state index contributed by atoms with van der Waals surface area (Å²) < 4.78 is 5.34. The zero-order valence-electron chi connectivity index (χ0n) is 15.3. The molecule has 2 heterocycles. The summed E-state index contributed by atoms with van der Waals surface area (Å²) >= 11 is 0. The van der Waals surface area contributed by atoms with E-state index in [0.717, 1.165) is 38.3 Å². The Morgan fingerprint density at radius 2 is 2.16 bits per heavy atom. The van der Waals surface area contributed by atoms with E-state index in [9.17, 15) is 9.90 Å². The van der Waals surface area contributed by atoms with Crippen molar-refractivity contribution in [3.8, 4) is 0 Å². The van der Waals surface area contributed by atoms with Gasteiger partial charge in [0.25, 0.3) is 5.91 Å². The van der Waals surface area contributed by atoms with Crippen molar-refractivity contribution in [3.05, 3.63) is 17.5 Å². The molecule has 6 heteroatoms. The van der Waals surface area contributed by atoms with Gasteiger partial charge < -0.3 is 14.5 Å². The highest BCUT2D eigenvalue weighted by atomic mass is 16.5. The highest BCUT2D eigenvalue weighted by Crippen LogP contribution is 2.28. The minimum absolute atomic E-state index is 0.0694. The van der Waals surface area contributed by atoms with Gasteiger partial charge in [0.1, 0.15) is 0 Å². The zero-order chi connectivity index (χ0) is 17.6. The first-order valence-corrected chi connectivity index (χ1v) is 9.73. The second-order valence-corrected chi connectivity index (χ2v) is 7.73. The van der Waals surface area contributed by atoms with E-state index in [4.69, 9.17) is 4.52 Å². The van der Waals surface area contributed by atoms with E-state index in [1.165, 1.54) is 32.1 Å². The van der Waals surface area contributed by atoms with Crippen molar-refractivity contribution in [2.45, 2.75) is 64.0 Å². The molecule has 3 rings (SSSR count). The third-order valence-electron chi connectivity index (χ3n) is 5.57. The molecule has 1 aliphatic carbocycles. The SMILES string of the molecule is CN(CCCC1CCCC1)C(=O)c1cc(CN2CCC[C@@H](O)C2)on1. The minimum atomic E-state index is -0.260. The number of carbonyl (C=O) groups is 1. The number of β-amino-alcohol motifs (C(OH)–C–C–N with tert-alkyl or cyclic N) is 1. The molecular formula is C19H31N3O3. The molecule has 1 saturated carbocycles. The number of aliphatic hydroxyl groups is 1.